The number of aromatic hydroxyl groups is 1. The van der Waals surface area contributed by atoms with Crippen molar-refractivity contribution in [2.45, 2.75) is 25.2 Å². The average molecular weight is 307 g/mol. The summed E-state index contributed by atoms with van der Waals surface area (Å²) in [5.41, 5.74) is 0.694. The second-order valence-electron chi connectivity index (χ2n) is 5.10. The Bertz CT molecular complexity index is 598. The highest BCUT2D eigenvalue weighted by Gasteiger charge is 2.29. The summed E-state index contributed by atoms with van der Waals surface area (Å²) in [5.74, 6) is -1.16. The van der Waals surface area contributed by atoms with Crippen LogP contribution in [0.2, 0.25) is 0 Å². The van der Waals surface area contributed by atoms with Gasteiger partial charge in [-0.3, -0.25) is 14.4 Å². The number of fused-ring (bicyclic) bond motifs is 1. The van der Waals surface area contributed by atoms with Gasteiger partial charge in [0, 0.05) is 31.4 Å². The third-order valence-electron chi connectivity index (χ3n) is 3.41. The summed E-state index contributed by atoms with van der Waals surface area (Å²) in [6.07, 6.45) is 0.236. The van der Waals surface area contributed by atoms with Crippen molar-refractivity contribution in [1.29, 1.82) is 0 Å². The molecule has 1 aromatic carbocycles. The molecule has 1 aliphatic rings. The molecule has 22 heavy (non-hydrogen) atoms. The molecular formula is C15H17NO6. The number of ketones is 1. The van der Waals surface area contributed by atoms with Gasteiger partial charge in [0.15, 0.2) is 5.78 Å². The SMILES string of the molecule is O=C(CO)CCNC(=O)CC1CC(=O)Oc2cc(O)ccc21. The number of rotatable bonds is 6. The first-order chi connectivity index (χ1) is 10.5. The van der Waals surface area contributed by atoms with Gasteiger partial charge in [-0.2, -0.15) is 0 Å². The maximum atomic E-state index is 11.9. The Morgan fingerprint density at radius 3 is 2.86 bits per heavy atom. The Hall–Kier alpha value is -2.41. The van der Waals surface area contributed by atoms with Gasteiger partial charge in [-0.25, -0.2) is 0 Å². The molecule has 118 valence electrons. The fourth-order valence-corrected chi connectivity index (χ4v) is 2.32. The Balaban J connectivity index is 1.97. The van der Waals surface area contributed by atoms with Gasteiger partial charge in [-0.15, -0.1) is 0 Å². The molecule has 1 aliphatic heterocycles. The molecule has 0 radical (unpaired) electrons. The number of carbonyl (C=O) groups is 3. The predicted octanol–water partition coefficient (Wildman–Crippen LogP) is 0.243. The Morgan fingerprint density at radius 2 is 2.14 bits per heavy atom. The van der Waals surface area contributed by atoms with E-state index in [9.17, 15) is 19.5 Å². The number of esters is 1. The van der Waals surface area contributed by atoms with Crippen LogP contribution in [0.5, 0.6) is 11.5 Å². The number of ether oxygens (including phenoxy) is 1. The van der Waals surface area contributed by atoms with Crippen molar-refractivity contribution in [3.8, 4) is 11.5 Å². The fraction of sp³-hybridized carbons (Fsp3) is 0.400. The van der Waals surface area contributed by atoms with Crippen LogP contribution in [0.15, 0.2) is 18.2 Å². The Morgan fingerprint density at radius 1 is 1.36 bits per heavy atom. The summed E-state index contributed by atoms with van der Waals surface area (Å²) in [6, 6.07) is 4.45. The molecule has 7 heteroatoms. The highest BCUT2D eigenvalue weighted by molar-refractivity contribution is 5.83. The van der Waals surface area contributed by atoms with Crippen molar-refractivity contribution in [1.82, 2.24) is 5.32 Å². The molecule has 1 aromatic rings. The van der Waals surface area contributed by atoms with Gasteiger partial charge in [0.25, 0.3) is 0 Å². The number of carbonyl (C=O) groups excluding carboxylic acids is 3. The summed E-state index contributed by atoms with van der Waals surface area (Å²) in [5, 5.41) is 20.6. The summed E-state index contributed by atoms with van der Waals surface area (Å²) in [7, 11) is 0. The quantitative estimate of drug-likeness (QED) is 0.512. The van der Waals surface area contributed by atoms with Gasteiger partial charge in [0.2, 0.25) is 5.91 Å². The van der Waals surface area contributed by atoms with Gasteiger partial charge in [0.05, 0.1) is 6.42 Å². The van der Waals surface area contributed by atoms with Crippen LogP contribution in [0.4, 0.5) is 0 Å². The molecule has 0 aromatic heterocycles. The minimum absolute atomic E-state index is 0.0147. The molecule has 1 heterocycles. The lowest BCUT2D eigenvalue weighted by molar-refractivity contribution is -0.136. The molecule has 0 bridgehead atoms. The Labute approximate surface area is 126 Å². The zero-order valence-electron chi connectivity index (χ0n) is 11.9. The second-order valence-corrected chi connectivity index (χ2v) is 5.10. The number of hydrogen-bond acceptors (Lipinski definition) is 6. The van der Waals surface area contributed by atoms with E-state index in [4.69, 9.17) is 9.84 Å². The number of nitrogens with one attached hydrogen (secondary N) is 1. The van der Waals surface area contributed by atoms with Crippen LogP contribution in [0.3, 0.4) is 0 Å². The Kier molecular flexibility index (Phi) is 5.11. The minimum atomic E-state index is -0.540. The highest BCUT2D eigenvalue weighted by atomic mass is 16.5. The fourth-order valence-electron chi connectivity index (χ4n) is 2.32. The molecule has 0 aliphatic carbocycles. The largest absolute Gasteiger partial charge is 0.508 e. The number of phenolic OH excluding ortho intramolecular Hbond substituents is 1. The van der Waals surface area contributed by atoms with E-state index in [2.05, 4.69) is 5.32 Å². The molecule has 7 nitrogen and oxygen atoms in total. The standard InChI is InChI=1S/C15H17NO6/c17-8-11(19)3-4-16-14(20)5-9-6-15(21)22-13-7-10(18)1-2-12(9)13/h1-2,7,9,17-18H,3-6,8H2,(H,16,20). The number of hydrogen-bond donors (Lipinski definition) is 3. The zero-order chi connectivity index (χ0) is 16.1. The van der Waals surface area contributed by atoms with Gasteiger partial charge >= 0.3 is 5.97 Å². The van der Waals surface area contributed by atoms with Crippen LogP contribution in [-0.2, 0) is 14.4 Å². The van der Waals surface area contributed by atoms with Crippen molar-refractivity contribution >= 4 is 17.7 Å². The predicted molar refractivity (Wildman–Crippen MR) is 75.4 cm³/mol. The molecule has 0 saturated carbocycles. The van der Waals surface area contributed by atoms with Crippen molar-refractivity contribution in [2.75, 3.05) is 13.2 Å². The van der Waals surface area contributed by atoms with E-state index in [0.717, 1.165) is 0 Å². The lowest BCUT2D eigenvalue weighted by atomic mass is 9.89. The topological polar surface area (TPSA) is 113 Å². The van der Waals surface area contributed by atoms with Crippen LogP contribution < -0.4 is 10.1 Å². The van der Waals surface area contributed by atoms with E-state index in [0.29, 0.717) is 5.56 Å². The molecule has 2 rings (SSSR count). The van der Waals surface area contributed by atoms with E-state index in [-0.39, 0.29) is 54.9 Å². The lowest BCUT2D eigenvalue weighted by Gasteiger charge is -2.24. The summed E-state index contributed by atoms with van der Waals surface area (Å²) in [4.78, 5) is 34.4. The molecule has 1 amide bonds. The van der Waals surface area contributed by atoms with Gasteiger partial charge in [-0.05, 0) is 11.6 Å². The van der Waals surface area contributed by atoms with E-state index in [1.54, 1.807) is 6.07 Å². The number of Topliss-reactive ketones (excluding diaryl/α,β-unsaturated/α-hetero) is 1. The average Bonchev–Trinajstić information content (AvgIpc) is 2.46. The van der Waals surface area contributed by atoms with Crippen LogP contribution in [-0.4, -0.2) is 41.0 Å². The van der Waals surface area contributed by atoms with Gasteiger partial charge in [0.1, 0.15) is 18.1 Å². The first-order valence-corrected chi connectivity index (χ1v) is 6.92. The highest BCUT2D eigenvalue weighted by Crippen LogP contribution is 2.38. The monoisotopic (exact) mass is 307 g/mol. The number of benzene rings is 1. The van der Waals surface area contributed by atoms with Crippen molar-refractivity contribution in [2.24, 2.45) is 0 Å². The third kappa shape index (κ3) is 4.05. The number of aliphatic hydroxyl groups excluding tert-OH is 1. The molecule has 1 atom stereocenters. The maximum Gasteiger partial charge on any atom is 0.311 e. The van der Waals surface area contributed by atoms with Crippen LogP contribution in [0.1, 0.15) is 30.7 Å². The molecule has 0 fully saturated rings. The number of aliphatic hydroxyl groups is 1. The molecule has 1 unspecified atom stereocenters. The van der Waals surface area contributed by atoms with Crippen LogP contribution >= 0.6 is 0 Å². The third-order valence-corrected chi connectivity index (χ3v) is 3.41. The summed E-state index contributed by atoms with van der Waals surface area (Å²) < 4.78 is 5.05. The van der Waals surface area contributed by atoms with Gasteiger partial charge < -0.3 is 20.3 Å². The second kappa shape index (κ2) is 7.04. The minimum Gasteiger partial charge on any atom is -0.508 e. The normalized spacial score (nSPS) is 16.6. The molecular weight excluding hydrogens is 290 g/mol. The van der Waals surface area contributed by atoms with Crippen molar-refractivity contribution in [3.05, 3.63) is 23.8 Å². The number of phenols is 1. The van der Waals surface area contributed by atoms with E-state index >= 15 is 0 Å². The smallest absolute Gasteiger partial charge is 0.311 e. The zero-order valence-corrected chi connectivity index (χ0v) is 11.9. The van der Waals surface area contributed by atoms with Crippen LogP contribution in [0.25, 0.3) is 0 Å². The maximum absolute atomic E-state index is 11.9. The molecule has 0 saturated heterocycles. The number of amides is 1. The van der Waals surface area contributed by atoms with E-state index in [1.165, 1.54) is 12.1 Å². The summed E-state index contributed by atoms with van der Waals surface area (Å²) in [6.45, 7) is -0.390. The molecule has 3 N–H and O–H groups in total. The first kappa shape index (κ1) is 16.0. The first-order valence-electron chi connectivity index (χ1n) is 6.92. The van der Waals surface area contributed by atoms with E-state index in [1.807, 2.05) is 0 Å². The van der Waals surface area contributed by atoms with Gasteiger partial charge in [-0.1, -0.05) is 6.07 Å². The van der Waals surface area contributed by atoms with Crippen molar-refractivity contribution in [3.63, 3.8) is 0 Å². The summed E-state index contributed by atoms with van der Waals surface area (Å²) >= 11 is 0. The van der Waals surface area contributed by atoms with E-state index < -0.39 is 12.6 Å². The van der Waals surface area contributed by atoms with Crippen LogP contribution in [0, 0.1) is 0 Å². The lowest BCUT2D eigenvalue weighted by Crippen LogP contribution is -2.30. The van der Waals surface area contributed by atoms with Crippen molar-refractivity contribution < 1.29 is 29.3 Å². The molecule has 0 spiro atoms.